The first-order valence-corrected chi connectivity index (χ1v) is 6.17. The van der Waals surface area contributed by atoms with Crippen LogP contribution in [0.5, 0.6) is 5.88 Å². The van der Waals surface area contributed by atoms with Crippen molar-refractivity contribution in [1.29, 1.82) is 0 Å². The number of hydrogen-bond donors (Lipinski definition) is 0. The molecule has 0 spiro atoms. The van der Waals surface area contributed by atoms with Crippen LogP contribution in [-0.4, -0.2) is 27.8 Å². The molecule has 0 radical (unpaired) electrons. The lowest BCUT2D eigenvalue weighted by Crippen LogP contribution is -1.94. The maximum Gasteiger partial charge on any atom is 0.236 e. The predicted molar refractivity (Wildman–Crippen MR) is 58.2 cm³/mol. The summed E-state index contributed by atoms with van der Waals surface area (Å²) >= 11 is 3.17. The summed E-state index contributed by atoms with van der Waals surface area (Å²) in [6.45, 7) is 2.54. The van der Waals surface area contributed by atoms with Gasteiger partial charge in [0.1, 0.15) is 11.0 Å². The summed E-state index contributed by atoms with van der Waals surface area (Å²) in [5, 5.41) is 0. The summed E-state index contributed by atoms with van der Waals surface area (Å²) in [4.78, 5) is 12.5. The first kappa shape index (κ1) is 9.67. The Labute approximate surface area is 89.7 Å². The monoisotopic (exact) mass is 227 g/mol. The number of hydrogen-bond acceptors (Lipinski definition) is 6. The van der Waals surface area contributed by atoms with Gasteiger partial charge in [0.05, 0.1) is 6.61 Å². The molecule has 2 aromatic rings. The van der Waals surface area contributed by atoms with Crippen molar-refractivity contribution >= 4 is 33.4 Å². The Kier molecular flexibility index (Phi) is 2.83. The number of thiazole rings is 1. The van der Waals surface area contributed by atoms with Crippen LogP contribution in [0.15, 0.2) is 10.7 Å². The summed E-state index contributed by atoms with van der Waals surface area (Å²) in [5.41, 5.74) is 0.720. The van der Waals surface area contributed by atoms with Gasteiger partial charge in [-0.05, 0) is 13.2 Å². The van der Waals surface area contributed by atoms with Crippen LogP contribution in [0.4, 0.5) is 0 Å². The van der Waals surface area contributed by atoms with Crippen LogP contribution in [0.2, 0.25) is 0 Å². The Morgan fingerprint density at radius 1 is 1.50 bits per heavy atom. The summed E-state index contributed by atoms with van der Waals surface area (Å²) < 4.78 is 7.30. The molecule has 0 aliphatic carbocycles. The molecule has 0 unspecified atom stereocenters. The molecule has 0 N–H and O–H groups in total. The zero-order chi connectivity index (χ0) is 9.97. The van der Waals surface area contributed by atoms with Gasteiger partial charge < -0.3 is 4.74 Å². The average Bonchev–Trinajstić information content (AvgIpc) is 2.62. The summed E-state index contributed by atoms with van der Waals surface area (Å²) in [6, 6.07) is 0. The largest absolute Gasteiger partial charge is 0.477 e. The molecule has 0 atom stereocenters. The first-order chi connectivity index (χ1) is 6.85. The normalized spacial score (nSPS) is 10.7. The number of nitrogens with zero attached hydrogens (tertiary/aromatic N) is 3. The SMILES string of the molecule is CCOc1ncnc2nc(SC)sc12. The molecule has 0 aliphatic heterocycles. The molecular weight excluding hydrogens is 218 g/mol. The van der Waals surface area contributed by atoms with Crippen molar-refractivity contribution < 1.29 is 4.74 Å². The molecule has 2 rings (SSSR count). The minimum Gasteiger partial charge on any atom is -0.477 e. The van der Waals surface area contributed by atoms with E-state index in [1.165, 1.54) is 6.33 Å². The van der Waals surface area contributed by atoms with E-state index in [1.54, 1.807) is 23.1 Å². The molecule has 2 heterocycles. The van der Waals surface area contributed by atoms with E-state index in [1.807, 2.05) is 13.2 Å². The highest BCUT2D eigenvalue weighted by molar-refractivity contribution is 8.00. The molecule has 0 amide bonds. The molecular formula is C8H9N3OS2. The van der Waals surface area contributed by atoms with Crippen LogP contribution in [0, 0.1) is 0 Å². The Hall–Kier alpha value is -0.880. The number of thioether (sulfide) groups is 1. The third kappa shape index (κ3) is 1.67. The van der Waals surface area contributed by atoms with Crippen LogP contribution in [0.25, 0.3) is 10.3 Å². The minimum atomic E-state index is 0.610. The Morgan fingerprint density at radius 2 is 2.36 bits per heavy atom. The van der Waals surface area contributed by atoms with Crippen LogP contribution in [0.1, 0.15) is 6.92 Å². The van der Waals surface area contributed by atoms with Crippen molar-refractivity contribution in [3.63, 3.8) is 0 Å². The molecule has 0 bridgehead atoms. The van der Waals surface area contributed by atoms with Gasteiger partial charge in [-0.3, -0.25) is 0 Å². The lowest BCUT2D eigenvalue weighted by molar-refractivity contribution is 0.331. The highest BCUT2D eigenvalue weighted by atomic mass is 32.2. The van der Waals surface area contributed by atoms with Gasteiger partial charge in [0, 0.05) is 0 Å². The maximum absolute atomic E-state index is 5.39. The Morgan fingerprint density at radius 3 is 3.07 bits per heavy atom. The van der Waals surface area contributed by atoms with Crippen molar-refractivity contribution in [2.75, 3.05) is 12.9 Å². The highest BCUT2D eigenvalue weighted by Crippen LogP contribution is 2.31. The van der Waals surface area contributed by atoms with Crippen LogP contribution in [0.3, 0.4) is 0 Å². The zero-order valence-electron chi connectivity index (χ0n) is 7.85. The van der Waals surface area contributed by atoms with Gasteiger partial charge in [-0.15, -0.1) is 11.3 Å². The second kappa shape index (κ2) is 4.10. The molecule has 74 valence electrons. The van der Waals surface area contributed by atoms with Crippen LogP contribution in [-0.2, 0) is 0 Å². The Balaban J connectivity index is 2.55. The van der Waals surface area contributed by atoms with Gasteiger partial charge in [0.25, 0.3) is 0 Å². The molecule has 4 nitrogen and oxygen atoms in total. The lowest BCUT2D eigenvalue weighted by Gasteiger charge is -1.99. The Bertz CT molecular complexity index is 443. The molecule has 0 saturated carbocycles. The lowest BCUT2D eigenvalue weighted by atomic mass is 10.6. The smallest absolute Gasteiger partial charge is 0.236 e. The van der Waals surface area contributed by atoms with Gasteiger partial charge in [-0.1, -0.05) is 11.8 Å². The fraction of sp³-hybridized carbons (Fsp3) is 0.375. The van der Waals surface area contributed by atoms with E-state index in [0.29, 0.717) is 12.5 Å². The number of aromatic nitrogens is 3. The van der Waals surface area contributed by atoms with E-state index in [0.717, 1.165) is 14.7 Å². The second-order valence-electron chi connectivity index (χ2n) is 2.45. The van der Waals surface area contributed by atoms with Crippen LogP contribution >= 0.6 is 23.1 Å². The van der Waals surface area contributed by atoms with Crippen molar-refractivity contribution in [3.05, 3.63) is 6.33 Å². The molecule has 0 aliphatic rings. The van der Waals surface area contributed by atoms with E-state index in [-0.39, 0.29) is 0 Å². The number of rotatable bonds is 3. The molecule has 0 aromatic carbocycles. The molecule has 0 saturated heterocycles. The van der Waals surface area contributed by atoms with E-state index in [9.17, 15) is 0 Å². The maximum atomic E-state index is 5.39. The van der Waals surface area contributed by atoms with Gasteiger partial charge in [-0.2, -0.15) is 0 Å². The highest BCUT2D eigenvalue weighted by Gasteiger charge is 2.10. The minimum absolute atomic E-state index is 0.610. The average molecular weight is 227 g/mol. The third-order valence-corrected chi connectivity index (χ3v) is 3.61. The molecule has 6 heteroatoms. The van der Waals surface area contributed by atoms with Crippen LogP contribution < -0.4 is 4.74 Å². The van der Waals surface area contributed by atoms with E-state index < -0.39 is 0 Å². The molecule has 14 heavy (non-hydrogen) atoms. The standard InChI is InChI=1S/C8H9N3OS2/c1-3-12-7-5-6(9-4-10-7)11-8(13-2)14-5/h4H,3H2,1-2H3. The van der Waals surface area contributed by atoms with Gasteiger partial charge in [0.15, 0.2) is 9.99 Å². The summed E-state index contributed by atoms with van der Waals surface area (Å²) in [5.74, 6) is 0.635. The van der Waals surface area contributed by atoms with E-state index in [2.05, 4.69) is 15.0 Å². The van der Waals surface area contributed by atoms with E-state index in [4.69, 9.17) is 4.74 Å². The van der Waals surface area contributed by atoms with Gasteiger partial charge >= 0.3 is 0 Å². The number of ether oxygens (including phenoxy) is 1. The zero-order valence-corrected chi connectivity index (χ0v) is 9.48. The quantitative estimate of drug-likeness (QED) is 0.752. The first-order valence-electron chi connectivity index (χ1n) is 4.13. The van der Waals surface area contributed by atoms with Crippen molar-refractivity contribution in [2.24, 2.45) is 0 Å². The van der Waals surface area contributed by atoms with Crippen molar-refractivity contribution in [3.8, 4) is 5.88 Å². The van der Waals surface area contributed by atoms with Gasteiger partial charge in [-0.25, -0.2) is 15.0 Å². The fourth-order valence-electron chi connectivity index (χ4n) is 1.04. The van der Waals surface area contributed by atoms with E-state index >= 15 is 0 Å². The topological polar surface area (TPSA) is 47.9 Å². The predicted octanol–water partition coefficient (Wildman–Crippen LogP) is 2.21. The van der Waals surface area contributed by atoms with Crippen molar-refractivity contribution in [2.45, 2.75) is 11.3 Å². The fourth-order valence-corrected chi connectivity index (χ4v) is 2.50. The second-order valence-corrected chi connectivity index (χ2v) is 4.50. The summed E-state index contributed by atoms with van der Waals surface area (Å²) in [6.07, 6.45) is 3.47. The molecule has 2 aromatic heterocycles. The summed E-state index contributed by atoms with van der Waals surface area (Å²) in [7, 11) is 0. The molecule has 0 fully saturated rings. The van der Waals surface area contributed by atoms with Gasteiger partial charge in [0.2, 0.25) is 5.88 Å². The van der Waals surface area contributed by atoms with Crippen molar-refractivity contribution in [1.82, 2.24) is 15.0 Å². The third-order valence-electron chi connectivity index (χ3n) is 1.59. The number of fused-ring (bicyclic) bond motifs is 1.